The monoisotopic (exact) mass is 369 g/mol. The van der Waals surface area contributed by atoms with Crippen LogP contribution in [0, 0.1) is 0 Å². The van der Waals surface area contributed by atoms with Crippen molar-refractivity contribution in [1.82, 2.24) is 25.3 Å². The van der Waals surface area contributed by atoms with Gasteiger partial charge in [0.25, 0.3) is 5.91 Å². The summed E-state index contributed by atoms with van der Waals surface area (Å²) < 4.78 is 7.38. The summed E-state index contributed by atoms with van der Waals surface area (Å²) >= 11 is 0. The van der Waals surface area contributed by atoms with E-state index < -0.39 is 0 Å². The molecule has 0 spiro atoms. The second kappa shape index (κ2) is 8.10. The van der Waals surface area contributed by atoms with E-state index in [1.54, 1.807) is 13.3 Å². The summed E-state index contributed by atoms with van der Waals surface area (Å²) in [5.41, 5.74) is 2.91. The average molecular weight is 369 g/mol. The molecule has 1 aromatic carbocycles. The van der Waals surface area contributed by atoms with E-state index in [9.17, 15) is 4.79 Å². The number of aromatic nitrogens is 2. The van der Waals surface area contributed by atoms with E-state index in [0.717, 1.165) is 57.0 Å². The van der Waals surface area contributed by atoms with E-state index in [1.807, 2.05) is 22.9 Å². The predicted molar refractivity (Wildman–Crippen MR) is 103 cm³/mol. The van der Waals surface area contributed by atoms with E-state index in [1.165, 1.54) is 5.56 Å². The Hall–Kier alpha value is -2.38. The van der Waals surface area contributed by atoms with Gasteiger partial charge in [0.15, 0.2) is 0 Å². The molecule has 0 saturated carbocycles. The van der Waals surface area contributed by atoms with Crippen molar-refractivity contribution in [3.63, 3.8) is 0 Å². The first-order valence-electron chi connectivity index (χ1n) is 9.65. The van der Waals surface area contributed by atoms with E-state index in [0.29, 0.717) is 12.1 Å². The summed E-state index contributed by atoms with van der Waals surface area (Å²) in [4.78, 5) is 15.1. The Morgan fingerprint density at radius 1 is 1.30 bits per heavy atom. The molecule has 1 fully saturated rings. The quantitative estimate of drug-likeness (QED) is 0.833. The molecule has 1 saturated heterocycles. The minimum absolute atomic E-state index is 0.00290. The fourth-order valence-corrected chi connectivity index (χ4v) is 3.94. The Kier molecular flexibility index (Phi) is 5.40. The number of para-hydroxylation sites is 1. The van der Waals surface area contributed by atoms with E-state index >= 15 is 0 Å². The largest absolute Gasteiger partial charge is 0.496 e. The maximum absolute atomic E-state index is 12.7. The normalized spacial score (nSPS) is 18.1. The molecule has 27 heavy (non-hydrogen) atoms. The number of rotatable bonds is 5. The summed E-state index contributed by atoms with van der Waals surface area (Å²) in [5.74, 6) is 0.940. The summed E-state index contributed by atoms with van der Waals surface area (Å²) in [6, 6.07) is 8.38. The van der Waals surface area contributed by atoms with Crippen LogP contribution in [0.4, 0.5) is 0 Å². The number of nitrogens with zero attached hydrogens (tertiary/aromatic N) is 3. The molecule has 1 amide bonds. The molecule has 2 aromatic rings. The highest BCUT2D eigenvalue weighted by Crippen LogP contribution is 2.22. The van der Waals surface area contributed by atoms with Crippen LogP contribution in [0.3, 0.4) is 0 Å². The Balaban J connectivity index is 1.30. The molecule has 2 aliphatic heterocycles. The van der Waals surface area contributed by atoms with Gasteiger partial charge in [0, 0.05) is 44.3 Å². The predicted octanol–water partition coefficient (Wildman–Crippen LogP) is 1.39. The zero-order valence-electron chi connectivity index (χ0n) is 15.8. The number of fused-ring (bicyclic) bond motifs is 1. The Morgan fingerprint density at radius 2 is 2.11 bits per heavy atom. The molecule has 4 rings (SSSR count). The summed E-state index contributed by atoms with van der Waals surface area (Å²) in [6.07, 6.45) is 3.62. The third-order valence-electron chi connectivity index (χ3n) is 5.50. The maximum atomic E-state index is 12.7. The zero-order valence-corrected chi connectivity index (χ0v) is 15.8. The number of carbonyl (C=O) groups excluding carboxylic acids is 1. The van der Waals surface area contributed by atoms with Crippen molar-refractivity contribution in [3.8, 4) is 5.75 Å². The van der Waals surface area contributed by atoms with Gasteiger partial charge in [0.05, 0.1) is 31.1 Å². The van der Waals surface area contributed by atoms with Crippen LogP contribution in [-0.4, -0.2) is 53.4 Å². The summed E-state index contributed by atoms with van der Waals surface area (Å²) in [6.45, 7) is 5.26. The molecule has 0 atom stereocenters. The molecule has 0 aliphatic carbocycles. The van der Waals surface area contributed by atoms with Gasteiger partial charge in [-0.3, -0.25) is 14.4 Å². The Bertz CT molecular complexity index is 795. The van der Waals surface area contributed by atoms with Crippen LogP contribution >= 0.6 is 0 Å². The number of likely N-dealkylation sites (tertiary alicyclic amines) is 1. The van der Waals surface area contributed by atoms with Gasteiger partial charge in [-0.05, 0) is 18.9 Å². The van der Waals surface area contributed by atoms with Crippen molar-refractivity contribution in [3.05, 3.63) is 47.3 Å². The number of methoxy groups -OCH3 is 1. The van der Waals surface area contributed by atoms with E-state index in [2.05, 4.69) is 26.7 Å². The second-order valence-electron chi connectivity index (χ2n) is 7.24. The van der Waals surface area contributed by atoms with Crippen molar-refractivity contribution < 1.29 is 9.53 Å². The molecule has 0 unspecified atom stereocenters. The molecule has 1 aromatic heterocycles. The van der Waals surface area contributed by atoms with Gasteiger partial charge >= 0.3 is 0 Å². The number of hydrogen-bond donors (Lipinski definition) is 2. The number of piperidine rings is 1. The fraction of sp³-hybridized carbons (Fsp3) is 0.500. The van der Waals surface area contributed by atoms with Gasteiger partial charge < -0.3 is 15.4 Å². The number of amides is 1. The molecule has 7 nitrogen and oxygen atoms in total. The summed E-state index contributed by atoms with van der Waals surface area (Å²) in [7, 11) is 1.71. The smallest absolute Gasteiger partial charge is 0.255 e. The van der Waals surface area contributed by atoms with Crippen molar-refractivity contribution >= 4 is 5.91 Å². The molecule has 2 N–H and O–H groups in total. The number of ether oxygens (including phenoxy) is 1. The van der Waals surface area contributed by atoms with Gasteiger partial charge in [0.1, 0.15) is 5.75 Å². The first-order valence-corrected chi connectivity index (χ1v) is 9.65. The lowest BCUT2D eigenvalue weighted by Gasteiger charge is -2.32. The van der Waals surface area contributed by atoms with Gasteiger partial charge in [-0.1, -0.05) is 18.2 Å². The molecule has 2 aliphatic rings. The molecule has 3 heterocycles. The van der Waals surface area contributed by atoms with Gasteiger partial charge in [-0.25, -0.2) is 0 Å². The van der Waals surface area contributed by atoms with Crippen LogP contribution in [0.15, 0.2) is 30.5 Å². The van der Waals surface area contributed by atoms with Crippen LogP contribution in [-0.2, 0) is 19.6 Å². The molecule has 0 bridgehead atoms. The van der Waals surface area contributed by atoms with Crippen LogP contribution in [0.2, 0.25) is 0 Å². The van der Waals surface area contributed by atoms with E-state index in [-0.39, 0.29) is 11.9 Å². The van der Waals surface area contributed by atoms with Crippen LogP contribution < -0.4 is 15.4 Å². The summed E-state index contributed by atoms with van der Waals surface area (Å²) in [5, 5.41) is 10.9. The van der Waals surface area contributed by atoms with Gasteiger partial charge in [-0.15, -0.1) is 0 Å². The minimum atomic E-state index is 0.00290. The zero-order chi connectivity index (χ0) is 18.6. The highest BCUT2D eigenvalue weighted by molar-refractivity contribution is 5.95. The van der Waals surface area contributed by atoms with Gasteiger partial charge in [-0.2, -0.15) is 5.10 Å². The second-order valence-corrected chi connectivity index (χ2v) is 7.24. The van der Waals surface area contributed by atoms with E-state index in [4.69, 9.17) is 4.74 Å². The van der Waals surface area contributed by atoms with Crippen LogP contribution in [0.5, 0.6) is 5.75 Å². The van der Waals surface area contributed by atoms with Crippen LogP contribution in [0.1, 0.15) is 34.5 Å². The first-order chi connectivity index (χ1) is 13.2. The maximum Gasteiger partial charge on any atom is 0.255 e. The Labute approximate surface area is 159 Å². The number of hydrogen-bond acceptors (Lipinski definition) is 5. The molecule has 144 valence electrons. The lowest BCUT2D eigenvalue weighted by Crippen LogP contribution is -2.44. The molecular formula is C20H27N5O2. The number of carbonyl (C=O) groups is 1. The minimum Gasteiger partial charge on any atom is -0.496 e. The Morgan fingerprint density at radius 3 is 2.93 bits per heavy atom. The number of nitrogens with one attached hydrogen (secondary N) is 2. The average Bonchev–Trinajstić information content (AvgIpc) is 3.14. The van der Waals surface area contributed by atoms with Crippen LogP contribution in [0.25, 0.3) is 0 Å². The lowest BCUT2D eigenvalue weighted by molar-refractivity contribution is 0.0907. The molecular weight excluding hydrogens is 342 g/mol. The first kappa shape index (κ1) is 18.0. The van der Waals surface area contributed by atoms with Crippen molar-refractivity contribution in [1.29, 1.82) is 0 Å². The topological polar surface area (TPSA) is 71.4 Å². The molecule has 0 radical (unpaired) electrons. The molecule has 7 heteroatoms. The highest BCUT2D eigenvalue weighted by Gasteiger charge is 2.25. The lowest BCUT2D eigenvalue weighted by atomic mass is 10.0. The van der Waals surface area contributed by atoms with Crippen molar-refractivity contribution in [2.24, 2.45) is 0 Å². The third-order valence-corrected chi connectivity index (χ3v) is 5.50. The van der Waals surface area contributed by atoms with Crippen molar-refractivity contribution in [2.75, 3.05) is 26.7 Å². The fourth-order valence-electron chi connectivity index (χ4n) is 3.94. The third kappa shape index (κ3) is 3.99. The standard InChI is InChI=1S/C20H27N5O2/c1-27-19-5-3-2-4-15(19)14-24-9-6-16(7-10-24)23-20(26)17-12-22-25-11-8-21-13-18(17)25/h2-5,12,16,21H,6-11,13-14H2,1H3,(H,23,26). The van der Waals surface area contributed by atoms with Gasteiger partial charge in [0.2, 0.25) is 0 Å². The highest BCUT2D eigenvalue weighted by atomic mass is 16.5. The number of benzene rings is 1. The SMILES string of the molecule is COc1ccccc1CN1CCC(NC(=O)c2cnn3c2CNCC3)CC1. The van der Waals surface area contributed by atoms with Crippen molar-refractivity contribution in [2.45, 2.75) is 38.5 Å².